The fourth-order valence-electron chi connectivity index (χ4n) is 3.19. The second kappa shape index (κ2) is 7.85. The van der Waals surface area contributed by atoms with Crippen LogP contribution in [0.2, 0.25) is 0 Å². The van der Waals surface area contributed by atoms with E-state index >= 15 is 0 Å². The lowest BCUT2D eigenvalue weighted by atomic mass is 10.2. The molecule has 1 saturated heterocycles. The van der Waals surface area contributed by atoms with Crippen molar-refractivity contribution in [3.05, 3.63) is 64.6 Å². The van der Waals surface area contributed by atoms with E-state index in [-0.39, 0.29) is 17.5 Å². The monoisotopic (exact) mass is 396 g/mol. The van der Waals surface area contributed by atoms with Gasteiger partial charge in [0.15, 0.2) is 11.4 Å². The van der Waals surface area contributed by atoms with Crippen molar-refractivity contribution in [2.24, 2.45) is 0 Å². The van der Waals surface area contributed by atoms with Gasteiger partial charge < -0.3 is 14.5 Å². The minimum atomic E-state index is -0.185. The zero-order valence-corrected chi connectivity index (χ0v) is 16.3. The van der Waals surface area contributed by atoms with E-state index < -0.39 is 0 Å². The van der Waals surface area contributed by atoms with Gasteiger partial charge in [-0.15, -0.1) is 11.3 Å². The van der Waals surface area contributed by atoms with Crippen LogP contribution in [0.3, 0.4) is 0 Å². The van der Waals surface area contributed by atoms with Crippen LogP contribution < -0.4 is 4.74 Å². The van der Waals surface area contributed by atoms with E-state index in [9.17, 15) is 9.59 Å². The Kier molecular flexibility index (Phi) is 5.12. The first-order valence-electron chi connectivity index (χ1n) is 8.98. The number of hydrogen-bond acceptors (Lipinski definition) is 5. The number of piperazine rings is 1. The molecule has 0 saturated carbocycles. The first-order valence-corrected chi connectivity index (χ1v) is 9.86. The number of rotatable bonds is 4. The smallest absolute Gasteiger partial charge is 0.278 e. The molecule has 7 nitrogen and oxygen atoms in total. The first kappa shape index (κ1) is 18.2. The summed E-state index contributed by atoms with van der Waals surface area (Å²) in [4.78, 5) is 29.7. The van der Waals surface area contributed by atoms with Crippen LogP contribution in [0.25, 0.3) is 5.69 Å². The molecule has 3 heterocycles. The van der Waals surface area contributed by atoms with Crippen LogP contribution in [0.15, 0.2) is 54.0 Å². The summed E-state index contributed by atoms with van der Waals surface area (Å²) in [5, 5.41) is 6.33. The van der Waals surface area contributed by atoms with Gasteiger partial charge in [-0.3, -0.25) is 9.59 Å². The zero-order valence-electron chi connectivity index (χ0n) is 15.4. The third-order valence-corrected chi connectivity index (χ3v) is 5.57. The summed E-state index contributed by atoms with van der Waals surface area (Å²) in [5.74, 6) is 0.272. The van der Waals surface area contributed by atoms with Crippen molar-refractivity contribution in [1.29, 1.82) is 0 Å². The van der Waals surface area contributed by atoms with Gasteiger partial charge in [-0.25, -0.2) is 4.68 Å². The van der Waals surface area contributed by atoms with E-state index in [0.29, 0.717) is 31.9 Å². The number of carbonyl (C=O) groups excluding carboxylic acids is 2. The zero-order chi connectivity index (χ0) is 19.5. The molecule has 8 heteroatoms. The molecule has 3 aromatic rings. The van der Waals surface area contributed by atoms with E-state index in [1.807, 2.05) is 47.8 Å². The topological polar surface area (TPSA) is 67.7 Å². The maximum atomic E-state index is 13.0. The van der Waals surface area contributed by atoms with Crippen LogP contribution in [0, 0.1) is 0 Å². The van der Waals surface area contributed by atoms with Crippen molar-refractivity contribution in [2.75, 3.05) is 33.3 Å². The summed E-state index contributed by atoms with van der Waals surface area (Å²) in [6.07, 6.45) is 1.71. The van der Waals surface area contributed by atoms with Crippen LogP contribution in [-0.4, -0.2) is 64.7 Å². The fourth-order valence-corrected chi connectivity index (χ4v) is 3.88. The van der Waals surface area contributed by atoms with Gasteiger partial charge in [-0.1, -0.05) is 24.3 Å². The summed E-state index contributed by atoms with van der Waals surface area (Å²) < 4.78 is 7.02. The highest BCUT2D eigenvalue weighted by Gasteiger charge is 2.29. The molecular formula is C20H20N4O3S. The minimum absolute atomic E-state index is 0.0213. The normalized spacial score (nSPS) is 14.2. The van der Waals surface area contributed by atoms with Crippen molar-refractivity contribution < 1.29 is 14.3 Å². The van der Waals surface area contributed by atoms with Gasteiger partial charge in [0.1, 0.15) is 0 Å². The first-order chi connectivity index (χ1) is 13.7. The Morgan fingerprint density at radius 1 is 0.964 bits per heavy atom. The number of para-hydroxylation sites is 1. The highest BCUT2D eigenvalue weighted by atomic mass is 32.1. The van der Waals surface area contributed by atoms with Gasteiger partial charge in [-0.2, -0.15) is 5.10 Å². The van der Waals surface area contributed by atoms with E-state index in [0.717, 1.165) is 10.6 Å². The molecule has 1 aliphatic rings. The fraction of sp³-hybridized carbons (Fsp3) is 0.250. The van der Waals surface area contributed by atoms with Gasteiger partial charge in [0.2, 0.25) is 0 Å². The van der Waals surface area contributed by atoms with Crippen molar-refractivity contribution in [2.45, 2.75) is 0 Å². The van der Waals surface area contributed by atoms with Gasteiger partial charge in [-0.05, 0) is 23.6 Å². The highest BCUT2D eigenvalue weighted by molar-refractivity contribution is 7.12. The number of thiophene rings is 1. The number of carbonyl (C=O) groups is 2. The highest BCUT2D eigenvalue weighted by Crippen LogP contribution is 2.22. The van der Waals surface area contributed by atoms with Crippen LogP contribution in [0.4, 0.5) is 0 Å². The molecule has 0 aliphatic carbocycles. The number of aromatic nitrogens is 2. The Labute approximate surface area is 166 Å². The second-order valence-electron chi connectivity index (χ2n) is 6.39. The maximum absolute atomic E-state index is 13.0. The van der Waals surface area contributed by atoms with Crippen molar-refractivity contribution in [3.8, 4) is 11.4 Å². The molecule has 2 amide bonds. The van der Waals surface area contributed by atoms with Gasteiger partial charge >= 0.3 is 0 Å². The lowest BCUT2D eigenvalue weighted by Gasteiger charge is -2.34. The second-order valence-corrected chi connectivity index (χ2v) is 7.34. The average molecular weight is 396 g/mol. The number of methoxy groups -OCH3 is 1. The molecule has 0 bridgehead atoms. The predicted octanol–water partition coefficient (Wildman–Crippen LogP) is 2.54. The summed E-state index contributed by atoms with van der Waals surface area (Å²) >= 11 is 1.43. The Balaban J connectivity index is 1.47. The molecule has 0 N–H and O–H groups in total. The molecule has 1 fully saturated rings. The van der Waals surface area contributed by atoms with Crippen LogP contribution in [0.5, 0.6) is 5.75 Å². The summed E-state index contributed by atoms with van der Waals surface area (Å²) in [6, 6.07) is 13.3. The molecule has 4 rings (SSSR count). The standard InChI is InChI=1S/C20H20N4O3S/c1-27-16-14-24(15-6-3-2-4-7-15)21-18(16)20(26)23-11-9-22(10-12-23)19(25)17-8-5-13-28-17/h2-8,13-14H,9-12H2,1H3. The summed E-state index contributed by atoms with van der Waals surface area (Å²) in [7, 11) is 1.53. The molecule has 0 radical (unpaired) electrons. The Bertz CT molecular complexity index is 961. The number of amides is 2. The molecular weight excluding hydrogens is 376 g/mol. The van der Waals surface area contributed by atoms with E-state index in [4.69, 9.17) is 4.74 Å². The van der Waals surface area contributed by atoms with Crippen LogP contribution in [0.1, 0.15) is 20.2 Å². The van der Waals surface area contributed by atoms with Crippen molar-refractivity contribution in [3.63, 3.8) is 0 Å². The largest absolute Gasteiger partial charge is 0.493 e. The molecule has 1 aliphatic heterocycles. The molecule has 0 atom stereocenters. The quantitative estimate of drug-likeness (QED) is 0.680. The molecule has 0 unspecified atom stereocenters. The predicted molar refractivity (Wildman–Crippen MR) is 106 cm³/mol. The minimum Gasteiger partial charge on any atom is -0.493 e. The van der Waals surface area contributed by atoms with E-state index in [1.165, 1.54) is 18.4 Å². The maximum Gasteiger partial charge on any atom is 0.278 e. The molecule has 2 aromatic heterocycles. The molecule has 144 valence electrons. The molecule has 0 spiro atoms. The van der Waals surface area contributed by atoms with Gasteiger partial charge in [0.25, 0.3) is 11.8 Å². The average Bonchev–Trinajstić information content (AvgIpc) is 3.43. The van der Waals surface area contributed by atoms with E-state index in [1.54, 1.807) is 20.7 Å². The van der Waals surface area contributed by atoms with Crippen LogP contribution in [-0.2, 0) is 0 Å². The Hall–Kier alpha value is -3.13. The van der Waals surface area contributed by atoms with Gasteiger partial charge in [0, 0.05) is 26.2 Å². The lowest BCUT2D eigenvalue weighted by Crippen LogP contribution is -2.50. The number of hydrogen-bond donors (Lipinski definition) is 0. The van der Waals surface area contributed by atoms with Crippen molar-refractivity contribution >= 4 is 23.2 Å². The van der Waals surface area contributed by atoms with E-state index in [2.05, 4.69) is 5.10 Å². The molecule has 28 heavy (non-hydrogen) atoms. The lowest BCUT2D eigenvalue weighted by molar-refractivity contribution is 0.0532. The van der Waals surface area contributed by atoms with Crippen LogP contribution >= 0.6 is 11.3 Å². The third-order valence-electron chi connectivity index (χ3n) is 4.71. The number of benzene rings is 1. The Morgan fingerprint density at radius 3 is 2.25 bits per heavy atom. The van der Waals surface area contributed by atoms with Gasteiger partial charge in [0.05, 0.1) is 23.9 Å². The Morgan fingerprint density at radius 2 is 1.64 bits per heavy atom. The molecule has 1 aromatic carbocycles. The van der Waals surface area contributed by atoms with Crippen molar-refractivity contribution in [1.82, 2.24) is 19.6 Å². The third kappa shape index (κ3) is 3.50. The number of nitrogens with zero attached hydrogens (tertiary/aromatic N) is 4. The summed E-state index contributed by atoms with van der Waals surface area (Å²) in [6.45, 7) is 1.95. The summed E-state index contributed by atoms with van der Waals surface area (Å²) in [5.41, 5.74) is 1.13. The SMILES string of the molecule is COc1cn(-c2ccccc2)nc1C(=O)N1CCN(C(=O)c2cccs2)CC1. The number of ether oxygens (including phenoxy) is 1.